The van der Waals surface area contributed by atoms with E-state index in [1.54, 1.807) is 7.11 Å². The van der Waals surface area contributed by atoms with Gasteiger partial charge in [0.1, 0.15) is 5.75 Å². The van der Waals surface area contributed by atoms with Crippen molar-refractivity contribution in [2.24, 2.45) is 0 Å². The van der Waals surface area contributed by atoms with Crippen molar-refractivity contribution in [1.82, 2.24) is 0 Å². The summed E-state index contributed by atoms with van der Waals surface area (Å²) < 4.78 is 5.31. The van der Waals surface area contributed by atoms with Gasteiger partial charge in [-0.2, -0.15) is 0 Å². The zero-order chi connectivity index (χ0) is 10.9. The van der Waals surface area contributed by atoms with Gasteiger partial charge in [0.25, 0.3) is 0 Å². The van der Waals surface area contributed by atoms with Gasteiger partial charge in [0.05, 0.1) is 19.3 Å². The van der Waals surface area contributed by atoms with Gasteiger partial charge in [-0.15, -0.1) is 0 Å². The Morgan fingerprint density at radius 3 is 3.00 bits per heavy atom. The lowest BCUT2D eigenvalue weighted by Gasteiger charge is -2.36. The molecule has 1 aromatic carbocycles. The third-order valence-electron chi connectivity index (χ3n) is 3.07. The molecule has 1 heterocycles. The number of methoxy groups -OCH3 is 1. The average Bonchev–Trinajstić information content (AvgIpc) is 2.28. The number of fused-ring (bicyclic) bond motifs is 1. The van der Waals surface area contributed by atoms with E-state index in [0.717, 1.165) is 24.3 Å². The normalized spacial score (nSPS) is 24.2. The molecule has 0 bridgehead atoms. The molecule has 0 amide bonds. The standard InChI is InChI=1S/C12H17NO2/c1-12(8-14)7-6-9-10(13-12)4-3-5-11(9)15-2/h3-5,13-14H,6-8H2,1-2H3. The number of ether oxygens (including phenoxy) is 1. The minimum Gasteiger partial charge on any atom is -0.496 e. The number of rotatable bonds is 2. The lowest BCUT2D eigenvalue weighted by atomic mass is 9.88. The van der Waals surface area contributed by atoms with Crippen LogP contribution < -0.4 is 10.1 Å². The molecule has 0 spiro atoms. The van der Waals surface area contributed by atoms with Crippen molar-refractivity contribution < 1.29 is 9.84 Å². The Morgan fingerprint density at radius 1 is 1.53 bits per heavy atom. The molecule has 15 heavy (non-hydrogen) atoms. The molecule has 0 radical (unpaired) electrons. The Morgan fingerprint density at radius 2 is 2.33 bits per heavy atom. The fourth-order valence-electron chi connectivity index (χ4n) is 2.04. The van der Waals surface area contributed by atoms with Crippen LogP contribution in [-0.4, -0.2) is 24.4 Å². The van der Waals surface area contributed by atoms with Crippen LogP contribution in [0.3, 0.4) is 0 Å². The molecule has 0 saturated heterocycles. The third kappa shape index (κ3) is 1.79. The minimum absolute atomic E-state index is 0.156. The van der Waals surface area contributed by atoms with E-state index in [0.29, 0.717) is 0 Å². The predicted molar refractivity (Wildman–Crippen MR) is 60.4 cm³/mol. The molecule has 1 unspecified atom stereocenters. The molecule has 3 heteroatoms. The van der Waals surface area contributed by atoms with Gasteiger partial charge in [0, 0.05) is 11.3 Å². The zero-order valence-electron chi connectivity index (χ0n) is 9.21. The van der Waals surface area contributed by atoms with E-state index >= 15 is 0 Å². The summed E-state index contributed by atoms with van der Waals surface area (Å²) in [4.78, 5) is 0. The van der Waals surface area contributed by atoms with Crippen molar-refractivity contribution >= 4 is 5.69 Å². The molecule has 0 fully saturated rings. The second kappa shape index (κ2) is 3.74. The van der Waals surface area contributed by atoms with Crippen LogP contribution >= 0.6 is 0 Å². The number of hydrogen-bond acceptors (Lipinski definition) is 3. The molecule has 1 aliphatic heterocycles. The molecule has 1 aliphatic rings. The highest BCUT2D eigenvalue weighted by molar-refractivity contribution is 5.60. The highest BCUT2D eigenvalue weighted by Crippen LogP contribution is 2.35. The number of benzene rings is 1. The van der Waals surface area contributed by atoms with Gasteiger partial charge < -0.3 is 15.2 Å². The molecule has 0 aromatic heterocycles. The maximum atomic E-state index is 9.31. The summed E-state index contributed by atoms with van der Waals surface area (Å²) in [6.07, 6.45) is 1.88. The van der Waals surface area contributed by atoms with Crippen molar-refractivity contribution in [3.05, 3.63) is 23.8 Å². The first-order chi connectivity index (χ1) is 7.18. The highest BCUT2D eigenvalue weighted by Gasteiger charge is 2.29. The van der Waals surface area contributed by atoms with Crippen LogP contribution in [0.4, 0.5) is 5.69 Å². The van der Waals surface area contributed by atoms with Crippen LogP contribution in [0, 0.1) is 0 Å². The van der Waals surface area contributed by atoms with Crippen molar-refractivity contribution in [2.75, 3.05) is 19.0 Å². The summed E-state index contributed by atoms with van der Waals surface area (Å²) in [6, 6.07) is 5.97. The monoisotopic (exact) mass is 207 g/mol. The zero-order valence-corrected chi connectivity index (χ0v) is 9.21. The molecular weight excluding hydrogens is 190 g/mol. The Hall–Kier alpha value is -1.22. The first-order valence-corrected chi connectivity index (χ1v) is 5.23. The van der Waals surface area contributed by atoms with Gasteiger partial charge in [-0.25, -0.2) is 0 Å². The van der Waals surface area contributed by atoms with Crippen molar-refractivity contribution in [3.63, 3.8) is 0 Å². The van der Waals surface area contributed by atoms with Crippen molar-refractivity contribution in [2.45, 2.75) is 25.3 Å². The van der Waals surface area contributed by atoms with Crippen LogP contribution in [0.1, 0.15) is 18.9 Å². The maximum absolute atomic E-state index is 9.31. The molecule has 1 aromatic rings. The lowest BCUT2D eigenvalue weighted by molar-refractivity contribution is 0.211. The fraction of sp³-hybridized carbons (Fsp3) is 0.500. The molecule has 2 rings (SSSR count). The maximum Gasteiger partial charge on any atom is 0.124 e. The summed E-state index contributed by atoms with van der Waals surface area (Å²) in [5.41, 5.74) is 2.10. The molecule has 0 aliphatic carbocycles. The summed E-state index contributed by atoms with van der Waals surface area (Å²) in [5, 5.41) is 12.7. The van der Waals surface area contributed by atoms with Crippen LogP contribution in [0.25, 0.3) is 0 Å². The highest BCUT2D eigenvalue weighted by atomic mass is 16.5. The Kier molecular flexibility index (Phi) is 2.57. The van der Waals surface area contributed by atoms with E-state index < -0.39 is 0 Å². The second-order valence-corrected chi connectivity index (χ2v) is 4.33. The Bertz CT molecular complexity index is 365. The van der Waals surface area contributed by atoms with E-state index in [2.05, 4.69) is 5.32 Å². The number of aliphatic hydroxyl groups excluding tert-OH is 1. The number of nitrogens with one attached hydrogen (secondary N) is 1. The van der Waals surface area contributed by atoms with Crippen LogP contribution in [-0.2, 0) is 6.42 Å². The predicted octanol–water partition coefficient (Wildman–Crippen LogP) is 1.80. The van der Waals surface area contributed by atoms with Crippen LogP contribution in [0.5, 0.6) is 5.75 Å². The van der Waals surface area contributed by atoms with Gasteiger partial charge in [0.2, 0.25) is 0 Å². The van der Waals surface area contributed by atoms with Gasteiger partial charge in [-0.3, -0.25) is 0 Å². The van der Waals surface area contributed by atoms with Gasteiger partial charge in [-0.05, 0) is 31.9 Å². The molecule has 0 saturated carbocycles. The van der Waals surface area contributed by atoms with E-state index in [4.69, 9.17) is 4.74 Å². The Balaban J connectivity index is 2.35. The first kappa shape index (κ1) is 10.3. The lowest BCUT2D eigenvalue weighted by Crippen LogP contribution is -2.42. The van der Waals surface area contributed by atoms with Gasteiger partial charge >= 0.3 is 0 Å². The number of hydrogen-bond donors (Lipinski definition) is 2. The molecule has 1 atom stereocenters. The molecular formula is C12H17NO2. The minimum atomic E-state index is -0.195. The van der Waals surface area contributed by atoms with E-state index in [1.807, 2.05) is 25.1 Å². The summed E-state index contributed by atoms with van der Waals surface area (Å²) in [6.45, 7) is 2.19. The summed E-state index contributed by atoms with van der Waals surface area (Å²) >= 11 is 0. The van der Waals surface area contributed by atoms with Crippen molar-refractivity contribution in [1.29, 1.82) is 0 Å². The third-order valence-corrected chi connectivity index (χ3v) is 3.07. The second-order valence-electron chi connectivity index (χ2n) is 4.33. The fourth-order valence-corrected chi connectivity index (χ4v) is 2.04. The first-order valence-electron chi connectivity index (χ1n) is 5.23. The topological polar surface area (TPSA) is 41.5 Å². The Labute approximate surface area is 90.1 Å². The van der Waals surface area contributed by atoms with E-state index in [1.165, 1.54) is 5.56 Å². The molecule has 3 nitrogen and oxygen atoms in total. The largest absolute Gasteiger partial charge is 0.496 e. The average molecular weight is 207 g/mol. The van der Waals surface area contributed by atoms with E-state index in [-0.39, 0.29) is 12.1 Å². The SMILES string of the molecule is COc1cccc2c1CCC(C)(CO)N2. The van der Waals surface area contributed by atoms with Gasteiger partial charge in [0.15, 0.2) is 0 Å². The van der Waals surface area contributed by atoms with Crippen LogP contribution in [0.2, 0.25) is 0 Å². The quantitative estimate of drug-likeness (QED) is 0.777. The summed E-state index contributed by atoms with van der Waals surface area (Å²) in [5.74, 6) is 0.931. The summed E-state index contributed by atoms with van der Waals surface area (Å²) in [7, 11) is 1.69. The molecule has 2 N–H and O–H groups in total. The van der Waals surface area contributed by atoms with Crippen LogP contribution in [0.15, 0.2) is 18.2 Å². The molecule has 82 valence electrons. The van der Waals surface area contributed by atoms with E-state index in [9.17, 15) is 5.11 Å². The number of aliphatic hydroxyl groups is 1. The smallest absolute Gasteiger partial charge is 0.124 e. The number of anilines is 1. The van der Waals surface area contributed by atoms with Crippen molar-refractivity contribution in [3.8, 4) is 5.75 Å². The van der Waals surface area contributed by atoms with Gasteiger partial charge in [-0.1, -0.05) is 6.07 Å².